The highest BCUT2D eigenvalue weighted by atomic mass is 32.2. The van der Waals surface area contributed by atoms with Gasteiger partial charge in [0.05, 0.1) is 11.8 Å². The minimum atomic E-state index is -0.0267. The smallest absolute Gasteiger partial charge is 0.234 e. The third-order valence-electron chi connectivity index (χ3n) is 5.01. The minimum absolute atomic E-state index is 0.0267. The highest BCUT2D eigenvalue weighted by Crippen LogP contribution is 2.37. The Labute approximate surface area is 168 Å². The summed E-state index contributed by atoms with van der Waals surface area (Å²) in [6.45, 7) is 2.06. The number of thioether (sulfide) groups is 2. The van der Waals surface area contributed by atoms with Crippen LogP contribution in [0, 0.1) is 6.92 Å². The van der Waals surface area contributed by atoms with Crippen molar-refractivity contribution >= 4 is 35.1 Å². The summed E-state index contributed by atoms with van der Waals surface area (Å²) in [7, 11) is 0. The standard InChI is InChI=1S/C19H25N5OS2/c1-13-11-16(27-15-5-3-2-4-6-15)9-10-17(13)20-18(25)12-26-19-21-22-23-24(19)14-7-8-14/h9-11,14-15H,2-8,12H2,1H3,(H,20,25). The SMILES string of the molecule is Cc1cc(SC2CCCCC2)ccc1NC(=O)CSc1nnnn1C1CC1. The van der Waals surface area contributed by atoms with Gasteiger partial charge in [-0.15, -0.1) is 16.9 Å². The molecule has 27 heavy (non-hydrogen) atoms. The van der Waals surface area contributed by atoms with Crippen LogP contribution in [-0.4, -0.2) is 37.1 Å². The predicted octanol–water partition coefficient (Wildman–Crippen LogP) is 4.47. The van der Waals surface area contributed by atoms with Crippen LogP contribution in [0.2, 0.25) is 0 Å². The van der Waals surface area contributed by atoms with Crippen molar-refractivity contribution in [2.45, 2.75) is 73.2 Å². The number of anilines is 1. The lowest BCUT2D eigenvalue weighted by Crippen LogP contribution is -2.15. The van der Waals surface area contributed by atoms with E-state index in [9.17, 15) is 4.79 Å². The summed E-state index contributed by atoms with van der Waals surface area (Å²) in [5.74, 6) is 0.284. The van der Waals surface area contributed by atoms with Crippen molar-refractivity contribution < 1.29 is 4.79 Å². The molecule has 1 N–H and O–H groups in total. The summed E-state index contributed by atoms with van der Waals surface area (Å²) >= 11 is 3.38. The third kappa shape index (κ3) is 5.04. The van der Waals surface area contributed by atoms with Crippen molar-refractivity contribution in [1.29, 1.82) is 0 Å². The fraction of sp³-hybridized carbons (Fsp3) is 0.579. The number of nitrogens with one attached hydrogen (secondary N) is 1. The molecule has 1 heterocycles. The molecular weight excluding hydrogens is 378 g/mol. The monoisotopic (exact) mass is 403 g/mol. The molecule has 2 aliphatic carbocycles. The van der Waals surface area contributed by atoms with Gasteiger partial charge in [-0.25, -0.2) is 4.68 Å². The quantitative estimate of drug-likeness (QED) is 0.688. The molecule has 6 nitrogen and oxygen atoms in total. The van der Waals surface area contributed by atoms with Gasteiger partial charge in [-0.1, -0.05) is 31.0 Å². The summed E-state index contributed by atoms with van der Waals surface area (Å²) in [6.07, 6.45) is 8.97. The summed E-state index contributed by atoms with van der Waals surface area (Å²) in [4.78, 5) is 13.6. The molecule has 1 amide bonds. The van der Waals surface area contributed by atoms with Crippen LogP contribution in [0.5, 0.6) is 0 Å². The molecule has 2 saturated carbocycles. The van der Waals surface area contributed by atoms with Crippen LogP contribution in [0.25, 0.3) is 0 Å². The number of nitrogens with zero attached hydrogens (tertiary/aromatic N) is 4. The van der Waals surface area contributed by atoms with Crippen molar-refractivity contribution in [2.75, 3.05) is 11.1 Å². The lowest BCUT2D eigenvalue weighted by atomic mass is 10.0. The van der Waals surface area contributed by atoms with E-state index >= 15 is 0 Å². The summed E-state index contributed by atoms with van der Waals surface area (Å²) in [6, 6.07) is 6.76. The largest absolute Gasteiger partial charge is 0.325 e. The summed E-state index contributed by atoms with van der Waals surface area (Å²) < 4.78 is 1.83. The lowest BCUT2D eigenvalue weighted by Gasteiger charge is -2.21. The molecule has 0 radical (unpaired) electrons. The minimum Gasteiger partial charge on any atom is -0.325 e. The fourth-order valence-corrected chi connectivity index (χ4v) is 5.46. The highest BCUT2D eigenvalue weighted by Gasteiger charge is 2.28. The molecule has 2 aromatic rings. The van der Waals surface area contributed by atoms with E-state index in [2.05, 4.69) is 39.9 Å². The van der Waals surface area contributed by atoms with E-state index in [-0.39, 0.29) is 5.91 Å². The Morgan fingerprint density at radius 1 is 1.22 bits per heavy atom. The first-order valence-electron chi connectivity index (χ1n) is 9.67. The van der Waals surface area contributed by atoms with Gasteiger partial charge in [0.2, 0.25) is 11.1 Å². The first-order chi connectivity index (χ1) is 13.2. The maximum atomic E-state index is 12.3. The molecular formula is C19H25N5OS2. The van der Waals surface area contributed by atoms with Gasteiger partial charge >= 0.3 is 0 Å². The Morgan fingerprint density at radius 3 is 2.78 bits per heavy atom. The second-order valence-electron chi connectivity index (χ2n) is 7.33. The Morgan fingerprint density at radius 2 is 2.04 bits per heavy atom. The Kier molecular flexibility index (Phi) is 6.02. The van der Waals surface area contributed by atoms with Gasteiger partial charge in [0.15, 0.2) is 0 Å². The topological polar surface area (TPSA) is 72.7 Å². The van der Waals surface area contributed by atoms with Gasteiger partial charge in [0.1, 0.15) is 0 Å². The van der Waals surface area contributed by atoms with Gasteiger partial charge in [0, 0.05) is 15.8 Å². The average Bonchev–Trinajstić information content (AvgIpc) is 3.41. The summed E-state index contributed by atoms with van der Waals surface area (Å²) in [5, 5.41) is 16.3. The van der Waals surface area contributed by atoms with Gasteiger partial charge in [-0.05, 0) is 66.8 Å². The molecule has 8 heteroatoms. The van der Waals surface area contributed by atoms with Crippen LogP contribution >= 0.6 is 23.5 Å². The van der Waals surface area contributed by atoms with E-state index in [0.717, 1.165) is 34.5 Å². The van der Waals surface area contributed by atoms with Crippen molar-refractivity contribution in [3.05, 3.63) is 23.8 Å². The molecule has 0 saturated heterocycles. The second kappa shape index (κ2) is 8.65. The van der Waals surface area contributed by atoms with Gasteiger partial charge in [-0.2, -0.15) is 0 Å². The molecule has 0 unspecified atom stereocenters. The van der Waals surface area contributed by atoms with E-state index in [0.29, 0.717) is 11.8 Å². The van der Waals surface area contributed by atoms with Gasteiger partial charge < -0.3 is 5.32 Å². The molecule has 2 fully saturated rings. The van der Waals surface area contributed by atoms with E-state index < -0.39 is 0 Å². The third-order valence-corrected chi connectivity index (χ3v) is 7.28. The van der Waals surface area contributed by atoms with Crippen molar-refractivity contribution in [3.63, 3.8) is 0 Å². The Bertz CT molecular complexity index is 799. The predicted molar refractivity (Wildman–Crippen MR) is 109 cm³/mol. The van der Waals surface area contributed by atoms with E-state index in [4.69, 9.17) is 0 Å². The molecule has 0 aliphatic heterocycles. The first kappa shape index (κ1) is 18.8. The number of hydrogen-bond acceptors (Lipinski definition) is 6. The molecule has 1 aromatic carbocycles. The lowest BCUT2D eigenvalue weighted by molar-refractivity contribution is -0.113. The molecule has 144 valence electrons. The zero-order chi connectivity index (χ0) is 18.6. The normalized spacial score (nSPS) is 17.8. The highest BCUT2D eigenvalue weighted by molar-refractivity contribution is 8.00. The first-order valence-corrected chi connectivity index (χ1v) is 11.5. The van der Waals surface area contributed by atoms with Crippen LogP contribution in [0.15, 0.2) is 28.3 Å². The maximum Gasteiger partial charge on any atom is 0.234 e. The Balaban J connectivity index is 1.30. The van der Waals surface area contributed by atoms with Crippen LogP contribution in [-0.2, 0) is 4.79 Å². The van der Waals surface area contributed by atoms with E-state index in [1.165, 1.54) is 48.8 Å². The number of aromatic nitrogens is 4. The zero-order valence-corrected chi connectivity index (χ0v) is 17.2. The van der Waals surface area contributed by atoms with Crippen molar-refractivity contribution in [3.8, 4) is 0 Å². The van der Waals surface area contributed by atoms with Crippen LogP contribution in [0.3, 0.4) is 0 Å². The molecule has 0 spiro atoms. The molecule has 0 atom stereocenters. The zero-order valence-electron chi connectivity index (χ0n) is 15.6. The number of tetrazole rings is 1. The van der Waals surface area contributed by atoms with Crippen molar-refractivity contribution in [1.82, 2.24) is 20.2 Å². The number of aryl methyl sites for hydroxylation is 1. The second-order valence-corrected chi connectivity index (χ2v) is 9.64. The average molecular weight is 404 g/mol. The fourth-order valence-electron chi connectivity index (χ4n) is 3.37. The number of hydrogen-bond donors (Lipinski definition) is 1. The number of rotatable bonds is 7. The molecule has 0 bridgehead atoms. The molecule has 2 aliphatic rings. The van der Waals surface area contributed by atoms with Gasteiger partial charge in [-0.3, -0.25) is 4.79 Å². The number of carbonyl (C=O) groups excluding carboxylic acids is 1. The van der Waals surface area contributed by atoms with Crippen molar-refractivity contribution in [2.24, 2.45) is 0 Å². The number of benzene rings is 1. The van der Waals surface area contributed by atoms with E-state index in [1.54, 1.807) is 0 Å². The number of carbonyl (C=O) groups is 1. The Hall–Kier alpha value is -1.54. The molecule has 1 aromatic heterocycles. The number of amides is 1. The van der Waals surface area contributed by atoms with Crippen LogP contribution < -0.4 is 5.32 Å². The summed E-state index contributed by atoms with van der Waals surface area (Å²) in [5.41, 5.74) is 1.99. The van der Waals surface area contributed by atoms with Crippen LogP contribution in [0.4, 0.5) is 5.69 Å². The van der Waals surface area contributed by atoms with Crippen LogP contribution in [0.1, 0.15) is 56.6 Å². The maximum absolute atomic E-state index is 12.3. The van der Waals surface area contributed by atoms with E-state index in [1.807, 2.05) is 22.5 Å². The molecule has 4 rings (SSSR count). The van der Waals surface area contributed by atoms with Gasteiger partial charge in [0.25, 0.3) is 0 Å².